The van der Waals surface area contributed by atoms with Crippen molar-refractivity contribution in [2.45, 2.75) is 11.8 Å². The number of nitrogens with zero attached hydrogens (tertiary/aromatic N) is 4. The number of benzene rings is 1. The molecule has 0 fully saturated rings. The van der Waals surface area contributed by atoms with E-state index in [1.54, 1.807) is 7.05 Å². The summed E-state index contributed by atoms with van der Waals surface area (Å²) in [5.74, 6) is 1.41. The number of aromatic nitrogens is 4. The van der Waals surface area contributed by atoms with E-state index in [2.05, 4.69) is 31.3 Å². The molecule has 1 aromatic heterocycles. The van der Waals surface area contributed by atoms with Gasteiger partial charge < -0.3 is 0 Å². The molecule has 2 rings (SSSR count). The molecular weight excluding hydrogens is 351 g/mol. The summed E-state index contributed by atoms with van der Waals surface area (Å²) < 4.78 is 0.986. The van der Waals surface area contributed by atoms with Crippen LogP contribution in [0.1, 0.15) is 11.4 Å². The summed E-state index contributed by atoms with van der Waals surface area (Å²) in [4.78, 5) is 1.43. The lowest BCUT2D eigenvalue weighted by Crippen LogP contribution is -2.34. The van der Waals surface area contributed by atoms with Gasteiger partial charge in [0.1, 0.15) is 0 Å². The van der Waals surface area contributed by atoms with Crippen LogP contribution in [0.5, 0.6) is 0 Å². The average Bonchev–Trinajstić information content (AvgIpc) is 2.82. The van der Waals surface area contributed by atoms with Gasteiger partial charge in [0.2, 0.25) is 0 Å². The third kappa shape index (κ3) is 3.09. The molecule has 0 bridgehead atoms. The lowest BCUT2D eigenvalue weighted by atomic mass is 9.81. The normalized spacial score (nSPS) is 11.8. The first-order chi connectivity index (χ1) is 9.11. The minimum atomic E-state index is -0.410. The summed E-state index contributed by atoms with van der Waals surface area (Å²) in [6.45, 7) is 0. The lowest BCUT2D eigenvalue weighted by molar-refractivity contribution is 0.515. The van der Waals surface area contributed by atoms with E-state index in [1.165, 1.54) is 4.80 Å². The predicted octanol–water partition coefficient (Wildman–Crippen LogP) is 2.93. The van der Waals surface area contributed by atoms with Crippen LogP contribution in [0, 0.1) is 0 Å². The fourth-order valence-corrected chi connectivity index (χ4v) is 3.43. The monoisotopic (exact) mass is 362 g/mol. The molecule has 0 unspecified atom stereocenters. The van der Waals surface area contributed by atoms with Crippen LogP contribution in [-0.2, 0) is 18.9 Å². The molecule has 0 aliphatic carbocycles. The molecule has 0 amide bonds. The van der Waals surface area contributed by atoms with Gasteiger partial charge in [-0.05, 0) is 16.8 Å². The highest BCUT2D eigenvalue weighted by Gasteiger charge is 2.34. The second kappa shape index (κ2) is 6.20. The molecule has 0 saturated carbocycles. The van der Waals surface area contributed by atoms with Crippen LogP contribution in [-0.4, -0.2) is 32.0 Å². The van der Waals surface area contributed by atoms with Gasteiger partial charge >= 0.3 is 0 Å². The number of aryl methyl sites for hydroxylation is 1. The van der Waals surface area contributed by atoms with Crippen LogP contribution in [0.4, 0.5) is 0 Å². The lowest BCUT2D eigenvalue weighted by Gasteiger charge is -2.29. The second-order valence-corrected chi connectivity index (χ2v) is 5.79. The number of rotatable bonds is 5. The van der Waals surface area contributed by atoms with E-state index in [0.29, 0.717) is 24.0 Å². The average molecular weight is 364 g/mol. The van der Waals surface area contributed by atoms with Gasteiger partial charge in [-0.3, -0.25) is 0 Å². The first kappa shape index (κ1) is 14.8. The maximum Gasteiger partial charge on any atom is 0.175 e. The molecule has 0 atom stereocenters. The largest absolute Gasteiger partial charge is 0.175 e. The van der Waals surface area contributed by atoms with E-state index in [1.807, 2.05) is 24.3 Å². The van der Waals surface area contributed by atoms with E-state index < -0.39 is 5.41 Å². The highest BCUT2D eigenvalue weighted by Crippen LogP contribution is 2.35. The van der Waals surface area contributed by atoms with E-state index in [9.17, 15) is 0 Å². The molecule has 0 spiro atoms. The van der Waals surface area contributed by atoms with Crippen LogP contribution >= 0.6 is 39.1 Å². The summed E-state index contributed by atoms with van der Waals surface area (Å²) in [6.07, 6.45) is 0.552. The van der Waals surface area contributed by atoms with Crippen molar-refractivity contribution in [3.05, 3.63) is 40.1 Å². The highest BCUT2D eigenvalue weighted by atomic mass is 79.9. The molecular formula is C12H13BrCl2N4. The van der Waals surface area contributed by atoms with E-state index in [0.717, 1.165) is 10.0 Å². The molecule has 19 heavy (non-hydrogen) atoms. The van der Waals surface area contributed by atoms with Crippen LogP contribution in [0.15, 0.2) is 28.7 Å². The quantitative estimate of drug-likeness (QED) is 0.767. The Morgan fingerprint density at radius 3 is 2.47 bits per heavy atom. The van der Waals surface area contributed by atoms with Gasteiger partial charge in [0, 0.05) is 28.1 Å². The van der Waals surface area contributed by atoms with Crippen molar-refractivity contribution >= 4 is 39.1 Å². The van der Waals surface area contributed by atoms with Crippen molar-refractivity contribution in [2.24, 2.45) is 7.05 Å². The minimum Gasteiger partial charge on any atom is -0.167 e. The first-order valence-electron chi connectivity index (χ1n) is 5.71. The summed E-state index contributed by atoms with van der Waals surface area (Å²) in [5.41, 5.74) is 0.652. The number of tetrazole rings is 1. The molecule has 4 nitrogen and oxygen atoms in total. The minimum absolute atomic E-state index is 0.386. The second-order valence-electron chi connectivity index (χ2n) is 4.40. The molecule has 1 heterocycles. The van der Waals surface area contributed by atoms with Gasteiger partial charge in [0.25, 0.3) is 0 Å². The number of alkyl halides is 2. The molecule has 0 saturated heterocycles. The Morgan fingerprint density at radius 2 is 1.95 bits per heavy atom. The van der Waals surface area contributed by atoms with Gasteiger partial charge in [-0.1, -0.05) is 34.1 Å². The first-order valence-corrected chi connectivity index (χ1v) is 7.57. The smallest absolute Gasteiger partial charge is 0.167 e. The SMILES string of the molecule is Cn1nnc(CC(CCl)(CCl)c2ccccc2Br)n1. The van der Waals surface area contributed by atoms with Gasteiger partial charge in [-0.2, -0.15) is 4.80 Å². The Bertz CT molecular complexity index is 554. The molecule has 1 aromatic carbocycles. The summed E-state index contributed by atoms with van der Waals surface area (Å²) in [6, 6.07) is 7.93. The van der Waals surface area contributed by atoms with E-state index in [-0.39, 0.29) is 0 Å². The van der Waals surface area contributed by atoms with Gasteiger partial charge in [0.05, 0.1) is 7.05 Å². The van der Waals surface area contributed by atoms with Crippen LogP contribution < -0.4 is 0 Å². The van der Waals surface area contributed by atoms with Crippen molar-refractivity contribution in [1.82, 2.24) is 20.2 Å². The molecule has 0 aliphatic rings. The van der Waals surface area contributed by atoms with Gasteiger partial charge in [-0.15, -0.1) is 33.4 Å². The third-order valence-corrected chi connectivity index (χ3v) is 4.72. The van der Waals surface area contributed by atoms with Crippen LogP contribution in [0.3, 0.4) is 0 Å². The Morgan fingerprint density at radius 1 is 1.26 bits per heavy atom. The van der Waals surface area contributed by atoms with Crippen molar-refractivity contribution in [3.63, 3.8) is 0 Å². The maximum atomic E-state index is 6.20. The zero-order valence-corrected chi connectivity index (χ0v) is 13.5. The molecule has 102 valence electrons. The fourth-order valence-electron chi connectivity index (χ4n) is 1.96. The van der Waals surface area contributed by atoms with Crippen LogP contribution in [0.2, 0.25) is 0 Å². The fraction of sp³-hybridized carbons (Fsp3) is 0.417. The standard InChI is InChI=1S/C12H13BrCl2N4/c1-19-17-11(16-18-19)6-12(7-14,8-15)9-4-2-3-5-10(9)13/h2-5H,6-8H2,1H3. The molecule has 0 radical (unpaired) electrons. The van der Waals surface area contributed by atoms with Gasteiger partial charge in [0.15, 0.2) is 5.82 Å². The summed E-state index contributed by atoms with van der Waals surface area (Å²) in [7, 11) is 1.73. The Hall–Kier alpha value is -0.650. The molecule has 0 aliphatic heterocycles. The summed E-state index contributed by atoms with van der Waals surface area (Å²) >= 11 is 16.0. The van der Waals surface area contributed by atoms with E-state index >= 15 is 0 Å². The Kier molecular flexibility index (Phi) is 4.81. The van der Waals surface area contributed by atoms with Gasteiger partial charge in [-0.25, -0.2) is 0 Å². The van der Waals surface area contributed by atoms with Crippen molar-refractivity contribution in [1.29, 1.82) is 0 Å². The topological polar surface area (TPSA) is 43.6 Å². The summed E-state index contributed by atoms with van der Waals surface area (Å²) in [5, 5.41) is 12.1. The maximum absolute atomic E-state index is 6.20. The molecule has 7 heteroatoms. The van der Waals surface area contributed by atoms with Crippen molar-refractivity contribution in [3.8, 4) is 0 Å². The number of hydrogen-bond acceptors (Lipinski definition) is 3. The number of halogens is 3. The Balaban J connectivity index is 2.40. The molecule has 0 N–H and O–H groups in total. The zero-order valence-electron chi connectivity index (χ0n) is 10.4. The third-order valence-electron chi connectivity index (χ3n) is 3.00. The predicted molar refractivity (Wildman–Crippen MR) is 79.8 cm³/mol. The molecule has 2 aromatic rings. The number of hydrogen-bond donors (Lipinski definition) is 0. The van der Waals surface area contributed by atoms with Crippen molar-refractivity contribution in [2.75, 3.05) is 11.8 Å². The van der Waals surface area contributed by atoms with Crippen molar-refractivity contribution < 1.29 is 0 Å². The zero-order chi connectivity index (χ0) is 13.9. The van der Waals surface area contributed by atoms with E-state index in [4.69, 9.17) is 23.2 Å². The highest BCUT2D eigenvalue weighted by molar-refractivity contribution is 9.10. The van der Waals surface area contributed by atoms with Crippen LogP contribution in [0.25, 0.3) is 0 Å². The Labute approximate surface area is 130 Å².